The van der Waals surface area contributed by atoms with Crippen LogP contribution in [-0.4, -0.2) is 35.3 Å². The Morgan fingerprint density at radius 1 is 1.03 bits per heavy atom. The van der Waals surface area contributed by atoms with Crippen molar-refractivity contribution in [2.75, 3.05) is 4.31 Å². The molecule has 4 aromatic rings. The van der Waals surface area contributed by atoms with Crippen molar-refractivity contribution >= 4 is 40.4 Å². The lowest BCUT2D eigenvalue weighted by Gasteiger charge is -2.16. The molecule has 2 N–H and O–H groups in total. The maximum absolute atomic E-state index is 13.1. The van der Waals surface area contributed by atoms with E-state index in [9.17, 15) is 18.4 Å². The number of aromatic carboxylic acids is 1. The number of aryl methyl sites for hydroxylation is 1. The van der Waals surface area contributed by atoms with Gasteiger partial charge in [0.25, 0.3) is 17.2 Å². The molecule has 0 bridgehead atoms. The van der Waals surface area contributed by atoms with E-state index in [0.717, 1.165) is 11.1 Å². The molecule has 1 heterocycles. The first-order valence-corrected chi connectivity index (χ1v) is 11.9. The van der Waals surface area contributed by atoms with Gasteiger partial charge >= 0.3 is 5.97 Å². The van der Waals surface area contributed by atoms with Crippen molar-refractivity contribution < 1.29 is 23.5 Å². The summed E-state index contributed by atoms with van der Waals surface area (Å²) >= 11 is 3.85. The van der Waals surface area contributed by atoms with Gasteiger partial charge in [0.05, 0.1) is 22.0 Å². The molecule has 0 aliphatic carbocycles. The van der Waals surface area contributed by atoms with Crippen LogP contribution in [0.15, 0.2) is 79.0 Å². The van der Waals surface area contributed by atoms with Crippen LogP contribution in [-0.2, 0) is 17.7 Å². The van der Waals surface area contributed by atoms with Gasteiger partial charge in [0, 0.05) is 6.20 Å². The van der Waals surface area contributed by atoms with E-state index < -0.39 is 23.1 Å². The van der Waals surface area contributed by atoms with Gasteiger partial charge in [-0.25, -0.2) is 18.3 Å². The summed E-state index contributed by atoms with van der Waals surface area (Å²) in [5.41, 5.74) is 2.74. The van der Waals surface area contributed by atoms with E-state index in [-0.39, 0.29) is 16.9 Å². The molecule has 1 unspecified atom stereocenters. The Kier molecular flexibility index (Phi) is 7.11. The van der Waals surface area contributed by atoms with E-state index in [4.69, 9.17) is 16.7 Å². The predicted molar refractivity (Wildman–Crippen MR) is 134 cm³/mol. The fourth-order valence-electron chi connectivity index (χ4n) is 3.63. The van der Waals surface area contributed by atoms with Gasteiger partial charge in [0.15, 0.2) is 0 Å². The summed E-state index contributed by atoms with van der Waals surface area (Å²) in [4.78, 5) is 28.4. The predicted octanol–water partition coefficient (Wildman–Crippen LogP) is 4.91. The summed E-state index contributed by atoms with van der Waals surface area (Å²) in [6.07, 6.45) is 2.16. The zero-order valence-corrected chi connectivity index (χ0v) is 20.0. The van der Waals surface area contributed by atoms with Crippen LogP contribution in [0.1, 0.15) is 37.8 Å². The molecule has 3 aromatic carbocycles. The van der Waals surface area contributed by atoms with E-state index in [1.807, 2.05) is 48.5 Å². The first-order chi connectivity index (χ1) is 16.7. The number of carboxylic acid groups (broad SMARTS) is 1. The highest BCUT2D eigenvalue weighted by molar-refractivity contribution is 7.81. The number of rotatable bonds is 7. The molecule has 0 radical (unpaired) electrons. The third-order valence-corrected chi connectivity index (χ3v) is 6.31. The summed E-state index contributed by atoms with van der Waals surface area (Å²) in [5.74, 6) is -1.52. The van der Waals surface area contributed by atoms with Crippen LogP contribution < -0.4 is 4.31 Å². The fourth-order valence-corrected chi connectivity index (χ4v) is 4.46. The minimum atomic E-state index is -2.71. The number of hydrogen-bond donors (Lipinski definition) is 2. The first kappa shape index (κ1) is 24.3. The monoisotopic (exact) mass is 509 g/mol. The zero-order chi connectivity index (χ0) is 25.1. The van der Waals surface area contributed by atoms with Gasteiger partial charge in [0.1, 0.15) is 11.5 Å². The van der Waals surface area contributed by atoms with Crippen molar-refractivity contribution in [3.63, 3.8) is 0 Å². The van der Waals surface area contributed by atoms with Gasteiger partial charge in [-0.2, -0.15) is 0 Å². The van der Waals surface area contributed by atoms with E-state index in [1.54, 1.807) is 11.5 Å². The van der Waals surface area contributed by atoms with Crippen LogP contribution in [0.25, 0.3) is 5.69 Å². The molecule has 0 aliphatic heterocycles. The molecule has 0 aliphatic rings. The number of benzene rings is 3. The van der Waals surface area contributed by atoms with Gasteiger partial charge in [-0.1, -0.05) is 48.0 Å². The lowest BCUT2D eigenvalue weighted by Crippen LogP contribution is -2.32. The van der Waals surface area contributed by atoms with Gasteiger partial charge in [0.2, 0.25) is 0 Å². The average Bonchev–Trinajstić information content (AvgIpc) is 3.21. The fraction of sp³-hybridized carbons (Fsp3) is 0.0800. The lowest BCUT2D eigenvalue weighted by atomic mass is 10.0. The van der Waals surface area contributed by atoms with Gasteiger partial charge < -0.3 is 9.67 Å². The maximum atomic E-state index is 13.1. The van der Waals surface area contributed by atoms with Crippen LogP contribution >= 0.6 is 11.6 Å². The topological polar surface area (TPSA) is 113 Å². The van der Waals surface area contributed by atoms with Crippen molar-refractivity contribution in [1.82, 2.24) is 9.55 Å². The normalized spacial score (nSPS) is 11.7. The summed E-state index contributed by atoms with van der Waals surface area (Å²) in [6, 6.07) is 20.6. The van der Waals surface area contributed by atoms with Crippen LogP contribution in [0, 0.1) is 6.92 Å². The number of nitrogens with zero attached hydrogens (tertiary/aromatic N) is 3. The third kappa shape index (κ3) is 5.32. The minimum absolute atomic E-state index is 0.0182. The van der Waals surface area contributed by atoms with Crippen LogP contribution in [0.4, 0.5) is 5.69 Å². The Bertz CT molecular complexity index is 1420. The van der Waals surface area contributed by atoms with Crippen molar-refractivity contribution in [3.8, 4) is 5.69 Å². The molecule has 0 saturated heterocycles. The van der Waals surface area contributed by atoms with Gasteiger partial charge in [-0.3, -0.25) is 9.35 Å². The van der Waals surface area contributed by atoms with Gasteiger partial charge in [-0.15, -0.1) is 0 Å². The highest BCUT2D eigenvalue weighted by Gasteiger charge is 2.26. The molecule has 1 aromatic heterocycles. The summed E-state index contributed by atoms with van der Waals surface area (Å²) < 4.78 is 24.0. The van der Waals surface area contributed by atoms with E-state index in [1.165, 1.54) is 30.5 Å². The highest BCUT2D eigenvalue weighted by Crippen LogP contribution is 2.26. The standard InChI is InChI=1S/C25H20ClN3O5S/c1-16-27-22(24(30)29(35(33)34)20-10-8-19(9-11-20)25(31)32)15-28(16)23-12-7-18(14-21(23)26)13-17-5-3-2-4-6-17/h2-12,14-15H,13H2,1H3,(H,31,32)(H,33,34). The molecule has 1 amide bonds. The second kappa shape index (κ2) is 10.2. The molecule has 1 atom stereocenters. The lowest BCUT2D eigenvalue weighted by molar-refractivity contribution is 0.0696. The number of aromatic nitrogens is 2. The molecule has 0 saturated carbocycles. The molecule has 35 heavy (non-hydrogen) atoms. The zero-order valence-electron chi connectivity index (χ0n) is 18.5. The van der Waals surface area contributed by atoms with Crippen LogP contribution in [0.2, 0.25) is 5.02 Å². The molecular weight excluding hydrogens is 490 g/mol. The number of carbonyl (C=O) groups is 2. The number of halogens is 1. The SMILES string of the molecule is Cc1nc(C(=O)N(c2ccc(C(=O)O)cc2)S(=O)O)cn1-c1ccc(Cc2ccccc2)cc1Cl. The Morgan fingerprint density at radius 2 is 1.71 bits per heavy atom. The smallest absolute Gasteiger partial charge is 0.335 e. The number of imidazole rings is 1. The van der Waals surface area contributed by atoms with Gasteiger partial charge in [-0.05, 0) is 60.9 Å². The number of hydrogen-bond acceptors (Lipinski definition) is 4. The molecule has 8 nitrogen and oxygen atoms in total. The maximum Gasteiger partial charge on any atom is 0.335 e. The number of carbonyl (C=O) groups excluding carboxylic acids is 1. The van der Waals surface area contributed by atoms with Crippen molar-refractivity contribution in [1.29, 1.82) is 0 Å². The number of anilines is 1. The molecular formula is C25H20ClN3O5S. The largest absolute Gasteiger partial charge is 0.478 e. The summed E-state index contributed by atoms with van der Waals surface area (Å²) in [6.45, 7) is 1.69. The van der Waals surface area contributed by atoms with Crippen molar-refractivity contribution in [2.45, 2.75) is 13.3 Å². The Labute approximate surface area is 208 Å². The number of carboxylic acids is 1. The molecule has 4 rings (SSSR count). The molecule has 178 valence electrons. The van der Waals surface area contributed by atoms with Crippen molar-refractivity contribution in [2.24, 2.45) is 0 Å². The van der Waals surface area contributed by atoms with E-state index in [2.05, 4.69) is 4.98 Å². The Balaban J connectivity index is 1.62. The molecule has 0 fully saturated rings. The Morgan fingerprint density at radius 3 is 2.31 bits per heavy atom. The molecule has 10 heteroatoms. The highest BCUT2D eigenvalue weighted by atomic mass is 35.5. The summed E-state index contributed by atoms with van der Waals surface area (Å²) in [7, 11) is 0. The summed E-state index contributed by atoms with van der Waals surface area (Å²) in [5, 5.41) is 9.51. The Hall–Kier alpha value is -3.79. The molecule has 0 spiro atoms. The third-order valence-electron chi connectivity index (χ3n) is 5.31. The van der Waals surface area contributed by atoms with Crippen LogP contribution in [0.3, 0.4) is 0 Å². The first-order valence-electron chi connectivity index (χ1n) is 10.4. The minimum Gasteiger partial charge on any atom is -0.478 e. The number of amides is 1. The van der Waals surface area contributed by atoms with E-state index >= 15 is 0 Å². The van der Waals surface area contributed by atoms with Crippen LogP contribution in [0.5, 0.6) is 0 Å². The quantitative estimate of drug-likeness (QED) is 0.342. The second-order valence-corrected chi connectivity index (χ2v) is 8.91. The van der Waals surface area contributed by atoms with E-state index in [0.29, 0.717) is 27.3 Å². The van der Waals surface area contributed by atoms with Crippen molar-refractivity contribution in [3.05, 3.63) is 112 Å². The average molecular weight is 510 g/mol. The second-order valence-electron chi connectivity index (χ2n) is 7.67.